The lowest BCUT2D eigenvalue weighted by molar-refractivity contribution is 0.110. The number of hydrogen-bond donors (Lipinski definition) is 4. The Hall–Kier alpha value is -3.46. The second-order valence-electron chi connectivity index (χ2n) is 12.2. The number of rotatable bonds is 9. The molecule has 0 saturated carbocycles. The largest absolute Gasteiger partial charge is 0.474 e. The third-order valence-electron chi connectivity index (χ3n) is 8.20. The Kier molecular flexibility index (Phi) is 8.84. The van der Waals surface area contributed by atoms with Crippen LogP contribution in [0.2, 0.25) is 5.31 Å². The third-order valence-corrected chi connectivity index (χ3v) is 9.42. The summed E-state index contributed by atoms with van der Waals surface area (Å²) in [6.45, 7) is 7.19. The maximum absolute atomic E-state index is 13.2. The van der Waals surface area contributed by atoms with Gasteiger partial charge in [0.15, 0.2) is 5.03 Å². The van der Waals surface area contributed by atoms with E-state index >= 15 is 0 Å². The highest BCUT2D eigenvalue weighted by molar-refractivity contribution is 7.90. The zero-order chi connectivity index (χ0) is 30.9. The van der Waals surface area contributed by atoms with Crippen LogP contribution in [0.25, 0.3) is 11.1 Å². The van der Waals surface area contributed by atoms with E-state index in [0.29, 0.717) is 11.6 Å². The van der Waals surface area contributed by atoms with Crippen molar-refractivity contribution in [1.29, 1.82) is 0 Å². The smallest absolute Gasteiger partial charge is 0.459 e. The van der Waals surface area contributed by atoms with Crippen molar-refractivity contribution < 1.29 is 28.0 Å². The lowest BCUT2D eigenvalue weighted by atomic mass is 9.60. The second kappa shape index (κ2) is 12.3. The molecule has 230 valence electrons. The number of carbonyl (C=O) groups excluding carboxylic acids is 1. The minimum absolute atomic E-state index is 0.0562. The number of benzene rings is 1. The van der Waals surface area contributed by atoms with Gasteiger partial charge in [-0.05, 0) is 80.5 Å². The first-order chi connectivity index (χ1) is 20.3. The molecule has 2 aromatic heterocycles. The quantitative estimate of drug-likeness (QED) is 0.267. The molecule has 1 fully saturated rings. The Bertz CT molecular complexity index is 1600. The highest BCUT2D eigenvalue weighted by atomic mass is 32.2. The molecule has 1 saturated heterocycles. The number of carbonyl (C=O) groups is 1. The van der Waals surface area contributed by atoms with Gasteiger partial charge >= 0.3 is 13.1 Å². The molecule has 1 aliphatic carbocycles. The molecule has 1 aliphatic heterocycles. The summed E-state index contributed by atoms with van der Waals surface area (Å²) in [4.78, 5) is 19.9. The molecule has 43 heavy (non-hydrogen) atoms. The first-order valence-electron chi connectivity index (χ1n) is 14.5. The van der Waals surface area contributed by atoms with Crippen molar-refractivity contribution in [2.75, 3.05) is 25.5 Å². The van der Waals surface area contributed by atoms with E-state index in [-0.39, 0.29) is 17.7 Å². The van der Waals surface area contributed by atoms with Crippen molar-refractivity contribution in [3.63, 3.8) is 0 Å². The van der Waals surface area contributed by atoms with Crippen molar-refractivity contribution in [2.45, 2.75) is 75.9 Å². The summed E-state index contributed by atoms with van der Waals surface area (Å²) in [6, 6.07) is 6.22. The number of sulfonamides is 1. The summed E-state index contributed by atoms with van der Waals surface area (Å²) in [6.07, 6.45) is 7.59. The van der Waals surface area contributed by atoms with Gasteiger partial charge in [0.2, 0.25) is 5.88 Å². The number of aryl methyl sites for hydroxylation is 2. The molecule has 3 aromatic rings. The van der Waals surface area contributed by atoms with Gasteiger partial charge in [0.05, 0.1) is 5.69 Å². The number of fused-ring (bicyclic) bond motifs is 1. The number of pyridine rings is 1. The maximum atomic E-state index is 13.2. The van der Waals surface area contributed by atoms with Gasteiger partial charge in [-0.25, -0.2) is 14.5 Å². The minimum Gasteiger partial charge on any atom is -0.474 e. The number of piperidine rings is 1. The van der Waals surface area contributed by atoms with E-state index in [1.807, 2.05) is 19.1 Å². The van der Waals surface area contributed by atoms with Crippen LogP contribution in [-0.4, -0.2) is 77.5 Å². The van der Waals surface area contributed by atoms with Crippen LogP contribution in [0.15, 0.2) is 41.7 Å². The topological polar surface area (TPSA) is 159 Å². The maximum Gasteiger partial charge on any atom is 0.459 e. The number of hydrogen-bond acceptors (Lipinski definition) is 9. The minimum atomic E-state index is -4.32. The summed E-state index contributed by atoms with van der Waals surface area (Å²) < 4.78 is 35.8. The lowest BCUT2D eigenvalue weighted by Crippen LogP contribution is -2.35. The SMILES string of the molecule is Cc1cc2c(c(NC(=O)NS(=O)(=O)c3ccn(CC(C)(C)B(O)O)n3)c1-c1ccnc(OC3CCN(C)CC3)c1)CCC2. The van der Waals surface area contributed by atoms with E-state index in [1.54, 1.807) is 20.0 Å². The van der Waals surface area contributed by atoms with Gasteiger partial charge in [-0.1, -0.05) is 19.9 Å². The summed E-state index contributed by atoms with van der Waals surface area (Å²) in [7, 11) is -3.84. The van der Waals surface area contributed by atoms with E-state index in [1.165, 1.54) is 16.9 Å². The van der Waals surface area contributed by atoms with Crippen molar-refractivity contribution in [1.82, 2.24) is 24.4 Å². The molecule has 0 bridgehead atoms. The summed E-state index contributed by atoms with van der Waals surface area (Å²) >= 11 is 0. The molecule has 5 rings (SSSR count). The zero-order valence-corrected chi connectivity index (χ0v) is 25.8. The highest BCUT2D eigenvalue weighted by Gasteiger charge is 2.34. The van der Waals surface area contributed by atoms with Crippen molar-refractivity contribution in [3.8, 4) is 17.0 Å². The normalized spacial score (nSPS) is 16.1. The summed E-state index contributed by atoms with van der Waals surface area (Å²) in [5.41, 5.74) is 5.23. The van der Waals surface area contributed by atoms with Gasteiger partial charge in [0, 0.05) is 49.0 Å². The number of aromatic nitrogens is 3. The van der Waals surface area contributed by atoms with Gasteiger partial charge in [-0.3, -0.25) is 4.68 Å². The Morgan fingerprint density at radius 2 is 1.93 bits per heavy atom. The van der Waals surface area contributed by atoms with E-state index in [9.17, 15) is 23.3 Å². The fourth-order valence-corrected chi connectivity index (χ4v) is 6.55. The summed E-state index contributed by atoms with van der Waals surface area (Å²) in [5, 5.41) is 24.7. The molecule has 4 N–H and O–H groups in total. The zero-order valence-electron chi connectivity index (χ0n) is 25.0. The number of ether oxygens (including phenoxy) is 1. The standard InChI is InChI=1S/C29H39BN6O6S/c1-19-16-20-6-5-7-23(20)27(26(19)21-8-12-31-24(17-21)42-22-9-13-35(4)14-10-22)32-28(37)34-43(40,41)25-11-15-36(33-25)18-29(2,3)30(38)39/h8,11-12,15-17,22,38-39H,5-7,9-10,13-14,18H2,1-4H3,(H2,32,34,37). The average molecular weight is 611 g/mol. The molecule has 0 atom stereocenters. The van der Waals surface area contributed by atoms with Crippen LogP contribution < -0.4 is 14.8 Å². The molecule has 12 nitrogen and oxygen atoms in total. The number of nitrogens with one attached hydrogen (secondary N) is 2. The van der Waals surface area contributed by atoms with Crippen LogP contribution in [-0.2, 0) is 29.4 Å². The fraction of sp³-hybridized carbons (Fsp3) is 0.483. The highest BCUT2D eigenvalue weighted by Crippen LogP contribution is 2.41. The molecule has 14 heteroatoms. The fourth-order valence-electron chi connectivity index (χ4n) is 5.69. The molecule has 0 unspecified atom stereocenters. The third kappa shape index (κ3) is 7.03. The van der Waals surface area contributed by atoms with E-state index < -0.39 is 28.5 Å². The van der Waals surface area contributed by atoms with Gasteiger partial charge in [-0.2, -0.15) is 13.5 Å². The monoisotopic (exact) mass is 610 g/mol. The Labute approximate surface area is 252 Å². The van der Waals surface area contributed by atoms with Crippen LogP contribution >= 0.6 is 0 Å². The molecule has 1 aromatic carbocycles. The van der Waals surface area contributed by atoms with Gasteiger partial charge in [-0.15, -0.1) is 0 Å². The lowest BCUT2D eigenvalue weighted by Gasteiger charge is -2.29. The summed E-state index contributed by atoms with van der Waals surface area (Å²) in [5.74, 6) is 0.511. The predicted octanol–water partition coefficient (Wildman–Crippen LogP) is 2.98. The Morgan fingerprint density at radius 3 is 2.65 bits per heavy atom. The van der Waals surface area contributed by atoms with Gasteiger partial charge in [0.1, 0.15) is 6.10 Å². The van der Waals surface area contributed by atoms with E-state index in [0.717, 1.165) is 73.0 Å². The van der Waals surface area contributed by atoms with E-state index in [2.05, 4.69) is 38.1 Å². The van der Waals surface area contributed by atoms with Crippen LogP contribution in [0.5, 0.6) is 5.88 Å². The second-order valence-corrected chi connectivity index (χ2v) is 13.8. The first kappa shape index (κ1) is 31.0. The van der Waals surface area contributed by atoms with E-state index in [4.69, 9.17) is 4.74 Å². The predicted molar refractivity (Wildman–Crippen MR) is 163 cm³/mol. The van der Waals surface area contributed by atoms with Crippen molar-refractivity contribution in [3.05, 3.63) is 53.3 Å². The first-order valence-corrected chi connectivity index (χ1v) is 16.0. The average Bonchev–Trinajstić information content (AvgIpc) is 3.60. The van der Waals surface area contributed by atoms with Crippen LogP contribution in [0.1, 0.15) is 49.8 Å². The van der Waals surface area contributed by atoms with Crippen LogP contribution in [0.3, 0.4) is 0 Å². The molecule has 3 heterocycles. The number of likely N-dealkylation sites (tertiary alicyclic amines) is 1. The number of urea groups is 1. The van der Waals surface area contributed by atoms with Crippen LogP contribution in [0.4, 0.5) is 10.5 Å². The molecular formula is C29H39BN6O6S. The van der Waals surface area contributed by atoms with Crippen molar-refractivity contribution >= 4 is 28.9 Å². The van der Waals surface area contributed by atoms with Gasteiger partial charge in [0.25, 0.3) is 10.0 Å². The number of anilines is 1. The molecule has 0 radical (unpaired) electrons. The molecular weight excluding hydrogens is 571 g/mol. The van der Waals surface area contributed by atoms with Gasteiger partial charge < -0.3 is 25.0 Å². The molecule has 2 amide bonds. The molecule has 0 spiro atoms. The van der Waals surface area contributed by atoms with Crippen molar-refractivity contribution in [2.24, 2.45) is 0 Å². The number of nitrogens with zero attached hydrogens (tertiary/aromatic N) is 4. The number of amides is 2. The Balaban J connectivity index is 1.38. The Morgan fingerprint density at radius 1 is 1.19 bits per heavy atom. The van der Waals surface area contributed by atoms with Crippen LogP contribution in [0, 0.1) is 6.92 Å². The molecule has 2 aliphatic rings.